The number of nitriles is 1. The van der Waals surface area contributed by atoms with E-state index in [0.717, 1.165) is 23.1 Å². The molecule has 172 valence electrons. The summed E-state index contributed by atoms with van der Waals surface area (Å²) in [6.45, 7) is 6.40. The van der Waals surface area contributed by atoms with E-state index in [1.54, 1.807) is 12.1 Å². The summed E-state index contributed by atoms with van der Waals surface area (Å²) in [5, 5.41) is 13.8. The number of hydrogen-bond donors (Lipinski definition) is 0. The molecule has 2 saturated heterocycles. The summed E-state index contributed by atoms with van der Waals surface area (Å²) in [6.07, 6.45) is 1.17. The Morgan fingerprint density at radius 3 is 2.91 bits per heavy atom. The Balaban J connectivity index is 1.38. The molecule has 0 bridgehead atoms. The van der Waals surface area contributed by atoms with Crippen molar-refractivity contribution in [1.29, 1.82) is 5.26 Å². The van der Waals surface area contributed by atoms with Crippen LogP contribution in [-0.2, 0) is 21.7 Å². The lowest BCUT2D eigenvalue weighted by Gasteiger charge is -2.33. The molecule has 0 radical (unpaired) electrons. The Kier molecular flexibility index (Phi) is 4.55. The zero-order valence-electron chi connectivity index (χ0n) is 19.2. The van der Waals surface area contributed by atoms with Crippen molar-refractivity contribution in [3.63, 3.8) is 0 Å². The molecule has 2 fully saturated rings. The number of aromatic nitrogens is 2. The van der Waals surface area contributed by atoms with Gasteiger partial charge in [0.1, 0.15) is 11.8 Å². The van der Waals surface area contributed by atoms with Crippen molar-refractivity contribution in [3.8, 4) is 34.7 Å². The quantitative estimate of drug-likeness (QED) is 0.584. The van der Waals surface area contributed by atoms with Crippen molar-refractivity contribution in [1.82, 2.24) is 15.0 Å². The van der Waals surface area contributed by atoms with Gasteiger partial charge in [0.25, 0.3) is 5.89 Å². The number of ether oxygens (including phenoxy) is 2. The fraction of sp³-hybridized carbons (Fsp3) is 0.385. The van der Waals surface area contributed by atoms with Gasteiger partial charge >= 0.3 is 0 Å². The first-order valence-corrected chi connectivity index (χ1v) is 11.6. The third-order valence-electron chi connectivity index (χ3n) is 6.98. The molecule has 2 aromatic carbocycles. The van der Waals surface area contributed by atoms with Gasteiger partial charge in [0.05, 0.1) is 24.3 Å². The van der Waals surface area contributed by atoms with E-state index in [1.165, 1.54) is 0 Å². The molecule has 3 heterocycles. The highest BCUT2D eigenvalue weighted by molar-refractivity contribution is 5.83. The fourth-order valence-electron chi connectivity index (χ4n) is 5.71. The molecule has 1 aliphatic carbocycles. The molecule has 34 heavy (non-hydrogen) atoms. The monoisotopic (exact) mass is 456 g/mol. The molecule has 3 atom stereocenters. The van der Waals surface area contributed by atoms with Gasteiger partial charge in [-0.2, -0.15) is 10.2 Å². The zero-order chi connectivity index (χ0) is 23.6. The van der Waals surface area contributed by atoms with Crippen molar-refractivity contribution < 1.29 is 18.8 Å². The van der Waals surface area contributed by atoms with E-state index in [2.05, 4.69) is 22.3 Å². The number of benzene rings is 2. The van der Waals surface area contributed by atoms with Crippen LogP contribution in [0.25, 0.3) is 22.8 Å². The van der Waals surface area contributed by atoms with Gasteiger partial charge in [-0.15, -0.1) is 0 Å². The molecule has 0 saturated carbocycles. The van der Waals surface area contributed by atoms with Crippen LogP contribution in [0.2, 0.25) is 0 Å². The summed E-state index contributed by atoms with van der Waals surface area (Å²) in [7, 11) is 0. The Morgan fingerprint density at radius 2 is 2.12 bits per heavy atom. The summed E-state index contributed by atoms with van der Waals surface area (Å²) in [4.78, 5) is 19.3. The molecule has 3 aliphatic rings. The zero-order valence-corrected chi connectivity index (χ0v) is 19.2. The average molecular weight is 457 g/mol. The minimum absolute atomic E-state index is 0.0369. The molecule has 1 unspecified atom stereocenters. The Morgan fingerprint density at radius 1 is 1.26 bits per heavy atom. The van der Waals surface area contributed by atoms with Crippen LogP contribution in [0.3, 0.4) is 0 Å². The topological polar surface area (TPSA) is 101 Å². The van der Waals surface area contributed by atoms with Gasteiger partial charge in [-0.1, -0.05) is 23.4 Å². The second kappa shape index (κ2) is 7.40. The van der Waals surface area contributed by atoms with Gasteiger partial charge in [-0.3, -0.25) is 4.79 Å². The predicted octanol–water partition coefficient (Wildman–Crippen LogP) is 4.04. The molecule has 0 N–H and O–H groups in total. The van der Waals surface area contributed by atoms with Crippen molar-refractivity contribution in [2.24, 2.45) is 5.92 Å². The smallest absolute Gasteiger partial charge is 0.258 e. The van der Waals surface area contributed by atoms with Gasteiger partial charge in [0, 0.05) is 29.0 Å². The molecule has 8 heteroatoms. The largest absolute Gasteiger partial charge is 0.490 e. The van der Waals surface area contributed by atoms with E-state index in [1.807, 2.05) is 43.9 Å². The maximum Gasteiger partial charge on any atom is 0.258 e. The molecule has 1 aromatic heterocycles. The van der Waals surface area contributed by atoms with Crippen LogP contribution in [0.15, 0.2) is 40.9 Å². The number of amides is 1. The van der Waals surface area contributed by atoms with E-state index in [9.17, 15) is 10.1 Å². The molecule has 1 amide bonds. The van der Waals surface area contributed by atoms with Crippen LogP contribution in [0.1, 0.15) is 43.9 Å². The summed E-state index contributed by atoms with van der Waals surface area (Å²) >= 11 is 0. The highest BCUT2D eigenvalue weighted by atomic mass is 16.5. The van der Waals surface area contributed by atoms with E-state index >= 15 is 0 Å². The lowest BCUT2D eigenvalue weighted by Crippen LogP contribution is -2.43. The molecule has 8 nitrogen and oxygen atoms in total. The second-order valence-electron chi connectivity index (χ2n) is 9.47. The number of rotatable bonds is 4. The van der Waals surface area contributed by atoms with Gasteiger partial charge in [-0.05, 0) is 51.0 Å². The third-order valence-corrected chi connectivity index (χ3v) is 6.98. The highest BCUT2D eigenvalue weighted by Gasteiger charge is 2.63. The average Bonchev–Trinajstić information content (AvgIpc) is 3.55. The minimum atomic E-state index is -0.678. The molecule has 6 rings (SSSR count). The van der Waals surface area contributed by atoms with Crippen molar-refractivity contribution >= 4 is 5.91 Å². The molecule has 3 aromatic rings. The first-order chi connectivity index (χ1) is 16.4. The van der Waals surface area contributed by atoms with E-state index in [-0.39, 0.29) is 24.0 Å². The molecular formula is C26H24N4O4. The van der Waals surface area contributed by atoms with E-state index < -0.39 is 5.72 Å². The normalized spacial score (nSPS) is 24.8. The first kappa shape index (κ1) is 20.9. The second-order valence-corrected chi connectivity index (χ2v) is 9.47. The third kappa shape index (κ3) is 2.83. The summed E-state index contributed by atoms with van der Waals surface area (Å²) in [5.74, 6) is 1.58. The van der Waals surface area contributed by atoms with Gasteiger partial charge in [0.2, 0.25) is 11.7 Å². The fourth-order valence-corrected chi connectivity index (χ4v) is 5.71. The predicted molar refractivity (Wildman–Crippen MR) is 121 cm³/mol. The van der Waals surface area contributed by atoms with Crippen LogP contribution >= 0.6 is 0 Å². The highest BCUT2D eigenvalue weighted by Crippen LogP contribution is 2.57. The van der Waals surface area contributed by atoms with Crippen LogP contribution in [0.5, 0.6) is 5.75 Å². The standard InChI is InChI=1S/C26H24N4O4/c1-14(2)33-22-8-7-16(9-17(22)12-27)25-28-24(29-34-25)19-5-4-6-21-20(19)10-18-11-23(31)30-15(3)13-32-26(18,21)30/h4-9,14-15,18H,10-11,13H2,1-3H3/t15-,18?,26-/m1/s1. The minimum Gasteiger partial charge on any atom is -0.490 e. The molecule has 2 aliphatic heterocycles. The van der Waals surface area contributed by atoms with E-state index in [4.69, 9.17) is 14.0 Å². The van der Waals surface area contributed by atoms with Crippen molar-refractivity contribution in [2.75, 3.05) is 6.61 Å². The Bertz CT molecular complexity index is 1360. The SMILES string of the molecule is CC(C)Oc1ccc(-c2nc(-c3cccc4c3CC3CC(=O)N5[C@H](C)CO[C@@]435)no2)cc1C#N. The van der Waals surface area contributed by atoms with Crippen LogP contribution in [0, 0.1) is 17.2 Å². The molecular weight excluding hydrogens is 432 g/mol. The summed E-state index contributed by atoms with van der Waals surface area (Å²) in [5.41, 5.74) is 3.40. The Hall–Kier alpha value is -3.70. The number of nitrogens with zero attached hydrogens (tertiary/aromatic N) is 4. The number of carbonyl (C=O) groups excluding carboxylic acids is 1. The van der Waals surface area contributed by atoms with Crippen LogP contribution in [-0.4, -0.2) is 39.7 Å². The number of carbonyl (C=O) groups is 1. The maximum absolute atomic E-state index is 12.7. The van der Waals surface area contributed by atoms with Crippen molar-refractivity contribution in [3.05, 3.63) is 53.1 Å². The summed E-state index contributed by atoms with van der Waals surface area (Å²) in [6, 6.07) is 13.5. The number of hydrogen-bond acceptors (Lipinski definition) is 7. The van der Waals surface area contributed by atoms with Gasteiger partial charge in [0.15, 0.2) is 5.72 Å². The lowest BCUT2D eigenvalue weighted by atomic mass is 9.97. The van der Waals surface area contributed by atoms with E-state index in [0.29, 0.717) is 41.6 Å². The first-order valence-electron chi connectivity index (χ1n) is 11.6. The Labute approximate surface area is 197 Å². The summed E-state index contributed by atoms with van der Waals surface area (Å²) < 4.78 is 17.6. The number of fused-ring (bicyclic) bond motifs is 1. The van der Waals surface area contributed by atoms with Crippen LogP contribution < -0.4 is 4.74 Å². The molecule has 1 spiro atoms. The maximum atomic E-state index is 12.7. The van der Waals surface area contributed by atoms with Crippen LogP contribution in [0.4, 0.5) is 0 Å². The van der Waals surface area contributed by atoms with Crippen molar-refractivity contribution in [2.45, 2.75) is 51.5 Å². The van der Waals surface area contributed by atoms with Gasteiger partial charge < -0.3 is 18.9 Å². The lowest BCUT2D eigenvalue weighted by molar-refractivity contribution is -0.141. The van der Waals surface area contributed by atoms with Gasteiger partial charge in [-0.25, -0.2) is 0 Å².